The Morgan fingerprint density at radius 1 is 1.22 bits per heavy atom. The zero-order chi connectivity index (χ0) is 19.4. The van der Waals surface area contributed by atoms with Gasteiger partial charge in [-0.1, -0.05) is 48.3 Å². The normalized spacial score (nSPS) is 17.7. The largest absolute Gasteiger partial charge is 0.339 e. The van der Waals surface area contributed by atoms with Crippen molar-refractivity contribution < 1.29 is 9.32 Å². The Labute approximate surface area is 160 Å². The number of nitrogens with zero attached hydrogens (tertiary/aromatic N) is 4. The topological polar surface area (TPSA) is 88.5 Å². The van der Waals surface area contributed by atoms with Gasteiger partial charge in [0.05, 0.1) is 12.1 Å². The number of piperazine rings is 1. The molecule has 2 aromatic rings. The van der Waals surface area contributed by atoms with Crippen LogP contribution in [0.3, 0.4) is 0 Å². The van der Waals surface area contributed by atoms with Crippen LogP contribution in [0.2, 0.25) is 0 Å². The minimum absolute atomic E-state index is 0.0449. The highest BCUT2D eigenvalue weighted by Gasteiger charge is 2.33. The first-order chi connectivity index (χ1) is 12.9. The quantitative estimate of drug-likeness (QED) is 0.837. The van der Waals surface area contributed by atoms with Gasteiger partial charge in [-0.3, -0.25) is 9.69 Å². The lowest BCUT2D eigenvalue weighted by molar-refractivity contribution is -0.138. The third kappa shape index (κ3) is 4.73. The van der Waals surface area contributed by atoms with Crippen LogP contribution in [0.15, 0.2) is 28.8 Å². The molecular formula is C20H29N5O2. The SMILES string of the molecule is CCCC(C)(N)C(=O)N1CCN(Cc2nc(-c3ccc(C)cc3)no2)CC1. The average molecular weight is 371 g/mol. The van der Waals surface area contributed by atoms with Gasteiger partial charge in [0.25, 0.3) is 0 Å². The maximum Gasteiger partial charge on any atom is 0.242 e. The molecule has 1 aliphatic rings. The van der Waals surface area contributed by atoms with Crippen molar-refractivity contribution in [2.24, 2.45) is 5.73 Å². The lowest BCUT2D eigenvalue weighted by Crippen LogP contribution is -2.58. The molecule has 7 heteroatoms. The van der Waals surface area contributed by atoms with Crippen LogP contribution in [-0.4, -0.2) is 57.6 Å². The number of hydrogen-bond donors (Lipinski definition) is 1. The predicted molar refractivity (Wildman–Crippen MR) is 104 cm³/mol. The number of benzene rings is 1. The maximum absolute atomic E-state index is 12.6. The van der Waals surface area contributed by atoms with Gasteiger partial charge in [0.15, 0.2) is 0 Å². The Morgan fingerprint density at radius 3 is 2.52 bits per heavy atom. The van der Waals surface area contributed by atoms with Crippen molar-refractivity contribution in [3.05, 3.63) is 35.7 Å². The average Bonchev–Trinajstić information content (AvgIpc) is 3.11. The molecule has 1 aliphatic heterocycles. The molecule has 2 N–H and O–H groups in total. The van der Waals surface area contributed by atoms with Gasteiger partial charge >= 0.3 is 0 Å². The van der Waals surface area contributed by atoms with E-state index >= 15 is 0 Å². The molecule has 1 aromatic heterocycles. The van der Waals surface area contributed by atoms with Gasteiger partial charge in [0.2, 0.25) is 17.6 Å². The summed E-state index contributed by atoms with van der Waals surface area (Å²) < 4.78 is 5.41. The summed E-state index contributed by atoms with van der Waals surface area (Å²) >= 11 is 0. The number of carbonyl (C=O) groups is 1. The third-order valence-corrected chi connectivity index (χ3v) is 5.05. The van der Waals surface area contributed by atoms with E-state index in [1.54, 1.807) is 0 Å². The molecule has 1 aromatic carbocycles. The zero-order valence-corrected chi connectivity index (χ0v) is 16.4. The fourth-order valence-corrected chi connectivity index (χ4v) is 3.43. The number of aryl methyl sites for hydroxylation is 1. The lowest BCUT2D eigenvalue weighted by atomic mass is 9.95. The number of amides is 1. The van der Waals surface area contributed by atoms with E-state index in [4.69, 9.17) is 10.3 Å². The first-order valence-electron chi connectivity index (χ1n) is 9.59. The summed E-state index contributed by atoms with van der Waals surface area (Å²) in [5.74, 6) is 1.25. The molecule has 0 radical (unpaired) electrons. The van der Waals surface area contributed by atoms with Gasteiger partial charge in [-0.2, -0.15) is 4.98 Å². The van der Waals surface area contributed by atoms with Crippen molar-refractivity contribution in [2.75, 3.05) is 26.2 Å². The van der Waals surface area contributed by atoms with E-state index < -0.39 is 5.54 Å². The summed E-state index contributed by atoms with van der Waals surface area (Å²) in [7, 11) is 0. The standard InChI is InChI=1S/C20H29N5O2/c1-4-9-20(3,21)19(26)25-12-10-24(11-13-25)14-17-22-18(23-27-17)16-7-5-15(2)6-8-16/h5-8H,4,9-14,21H2,1-3H3. The molecule has 1 fully saturated rings. The molecule has 7 nitrogen and oxygen atoms in total. The van der Waals surface area contributed by atoms with Gasteiger partial charge in [-0.15, -0.1) is 0 Å². The molecule has 27 heavy (non-hydrogen) atoms. The van der Waals surface area contributed by atoms with Crippen LogP contribution in [0.25, 0.3) is 11.4 Å². The first-order valence-corrected chi connectivity index (χ1v) is 9.59. The van der Waals surface area contributed by atoms with Crippen molar-refractivity contribution in [3.63, 3.8) is 0 Å². The van der Waals surface area contributed by atoms with Gasteiger partial charge in [-0.25, -0.2) is 0 Å². The van der Waals surface area contributed by atoms with E-state index in [2.05, 4.69) is 15.0 Å². The molecule has 1 amide bonds. The minimum atomic E-state index is -0.771. The fourth-order valence-electron chi connectivity index (χ4n) is 3.43. The molecule has 0 saturated carbocycles. The van der Waals surface area contributed by atoms with E-state index in [0.717, 1.165) is 25.1 Å². The van der Waals surface area contributed by atoms with Crippen molar-refractivity contribution in [3.8, 4) is 11.4 Å². The number of nitrogens with two attached hydrogens (primary N) is 1. The molecule has 2 heterocycles. The summed E-state index contributed by atoms with van der Waals surface area (Å²) in [4.78, 5) is 21.2. The summed E-state index contributed by atoms with van der Waals surface area (Å²) in [6.07, 6.45) is 1.61. The molecule has 3 rings (SSSR count). The summed E-state index contributed by atoms with van der Waals surface area (Å²) in [5.41, 5.74) is 7.56. The van der Waals surface area contributed by atoms with Crippen molar-refractivity contribution >= 4 is 5.91 Å². The lowest BCUT2D eigenvalue weighted by Gasteiger charge is -2.38. The summed E-state index contributed by atoms with van der Waals surface area (Å²) in [6.45, 7) is 9.41. The van der Waals surface area contributed by atoms with E-state index in [1.165, 1.54) is 5.56 Å². The van der Waals surface area contributed by atoms with Crippen molar-refractivity contribution in [1.82, 2.24) is 19.9 Å². The Morgan fingerprint density at radius 2 is 1.89 bits per heavy atom. The number of rotatable bonds is 6. The second-order valence-corrected chi connectivity index (χ2v) is 7.61. The number of hydrogen-bond acceptors (Lipinski definition) is 6. The smallest absolute Gasteiger partial charge is 0.242 e. The van der Waals surface area contributed by atoms with Crippen molar-refractivity contribution in [1.29, 1.82) is 0 Å². The van der Waals surface area contributed by atoms with E-state index in [9.17, 15) is 4.79 Å². The molecule has 1 unspecified atom stereocenters. The van der Waals surface area contributed by atoms with Crippen LogP contribution in [0.5, 0.6) is 0 Å². The first kappa shape index (κ1) is 19.5. The van der Waals surface area contributed by atoms with Crippen LogP contribution < -0.4 is 5.73 Å². The Hall–Kier alpha value is -2.25. The van der Waals surface area contributed by atoms with Crippen molar-refractivity contribution in [2.45, 2.75) is 45.7 Å². The van der Waals surface area contributed by atoms with Crippen LogP contribution in [0, 0.1) is 6.92 Å². The molecular weight excluding hydrogens is 342 g/mol. The van der Waals surface area contributed by atoms with E-state index in [1.807, 2.05) is 49.9 Å². The van der Waals surface area contributed by atoms with Gasteiger partial charge < -0.3 is 15.2 Å². The predicted octanol–water partition coefficient (Wildman–Crippen LogP) is 2.21. The minimum Gasteiger partial charge on any atom is -0.339 e. The van der Waals surface area contributed by atoms with Gasteiger partial charge in [0.1, 0.15) is 0 Å². The monoisotopic (exact) mass is 371 g/mol. The van der Waals surface area contributed by atoms with Crippen LogP contribution in [0.1, 0.15) is 38.1 Å². The van der Waals surface area contributed by atoms with E-state index in [0.29, 0.717) is 37.8 Å². The zero-order valence-electron chi connectivity index (χ0n) is 16.4. The highest BCUT2D eigenvalue weighted by molar-refractivity contribution is 5.85. The number of carbonyl (C=O) groups excluding carboxylic acids is 1. The van der Waals surface area contributed by atoms with Gasteiger partial charge in [-0.05, 0) is 20.3 Å². The molecule has 1 atom stereocenters. The van der Waals surface area contributed by atoms with Crippen LogP contribution in [-0.2, 0) is 11.3 Å². The molecule has 146 valence electrons. The fraction of sp³-hybridized carbons (Fsp3) is 0.550. The summed E-state index contributed by atoms with van der Waals surface area (Å²) in [6, 6.07) is 8.06. The molecule has 0 spiro atoms. The Kier molecular flexibility index (Phi) is 5.92. The van der Waals surface area contributed by atoms with Crippen LogP contribution in [0.4, 0.5) is 0 Å². The molecule has 0 aliphatic carbocycles. The third-order valence-electron chi connectivity index (χ3n) is 5.05. The second kappa shape index (κ2) is 8.19. The maximum atomic E-state index is 12.6. The Balaban J connectivity index is 1.54. The van der Waals surface area contributed by atoms with Gasteiger partial charge in [0, 0.05) is 31.7 Å². The Bertz CT molecular complexity index is 761. The highest BCUT2D eigenvalue weighted by atomic mass is 16.5. The van der Waals surface area contributed by atoms with Crippen LogP contribution >= 0.6 is 0 Å². The molecule has 0 bridgehead atoms. The number of aromatic nitrogens is 2. The second-order valence-electron chi connectivity index (χ2n) is 7.61. The van der Waals surface area contributed by atoms with E-state index in [-0.39, 0.29) is 5.91 Å². The molecule has 1 saturated heterocycles. The summed E-state index contributed by atoms with van der Waals surface area (Å²) in [5, 5.41) is 4.08. The highest BCUT2D eigenvalue weighted by Crippen LogP contribution is 2.18.